The molecule has 2 aromatic carbocycles. The zero-order chi connectivity index (χ0) is 18.6. The van der Waals surface area contributed by atoms with Crippen molar-refractivity contribution in [1.82, 2.24) is 9.78 Å². The molecule has 0 spiro atoms. The molecule has 6 nitrogen and oxygen atoms in total. The van der Waals surface area contributed by atoms with Crippen LogP contribution in [-0.2, 0) is 0 Å². The van der Waals surface area contributed by atoms with Gasteiger partial charge in [0.1, 0.15) is 23.5 Å². The van der Waals surface area contributed by atoms with Gasteiger partial charge in [0.25, 0.3) is 0 Å². The van der Waals surface area contributed by atoms with E-state index in [1.54, 1.807) is 35.0 Å². The molecule has 0 saturated heterocycles. The van der Waals surface area contributed by atoms with Crippen LogP contribution in [0.25, 0.3) is 10.9 Å². The van der Waals surface area contributed by atoms with Gasteiger partial charge in [0.2, 0.25) is 0 Å². The summed E-state index contributed by atoms with van der Waals surface area (Å²) in [5.74, 6) is 0.942. The highest BCUT2D eigenvalue weighted by Gasteiger charge is 2.45. The zero-order valence-corrected chi connectivity index (χ0v) is 15.0. The topological polar surface area (TPSA) is 97.1 Å². The summed E-state index contributed by atoms with van der Waals surface area (Å²) in [6.45, 7) is 3.63. The van der Waals surface area contributed by atoms with Crippen LogP contribution in [0.4, 0.5) is 5.82 Å². The molecule has 0 bridgehead atoms. The highest BCUT2D eigenvalue weighted by Crippen LogP contribution is 2.43. The molecule has 1 aliphatic heterocycles. The van der Waals surface area contributed by atoms with Crippen LogP contribution in [0.5, 0.6) is 5.75 Å². The maximum atomic E-state index is 11.0. The third kappa shape index (κ3) is 2.40. The minimum Gasteiger partial charge on any atom is -0.485 e. The first-order valence-electron chi connectivity index (χ1n) is 8.16. The lowest BCUT2D eigenvalue weighted by atomic mass is 9.86. The van der Waals surface area contributed by atoms with Crippen LogP contribution in [0.15, 0.2) is 36.4 Å². The number of halogens is 1. The molecule has 0 saturated carbocycles. The van der Waals surface area contributed by atoms with Crippen molar-refractivity contribution in [2.75, 3.05) is 5.73 Å². The summed E-state index contributed by atoms with van der Waals surface area (Å²) >= 11 is 6.08. The summed E-state index contributed by atoms with van der Waals surface area (Å²) in [5, 5.41) is 26.0. The summed E-state index contributed by atoms with van der Waals surface area (Å²) in [5.41, 5.74) is 7.17. The van der Waals surface area contributed by atoms with E-state index in [1.807, 2.05) is 19.9 Å². The van der Waals surface area contributed by atoms with Crippen molar-refractivity contribution in [1.29, 1.82) is 5.26 Å². The Balaban J connectivity index is 2.00. The van der Waals surface area contributed by atoms with E-state index in [9.17, 15) is 10.4 Å². The van der Waals surface area contributed by atoms with Gasteiger partial charge in [-0.25, -0.2) is 0 Å². The van der Waals surface area contributed by atoms with E-state index in [-0.39, 0.29) is 0 Å². The minimum absolute atomic E-state index is 0.331. The smallest absolute Gasteiger partial charge is 0.153 e. The Morgan fingerprint density at radius 2 is 2.08 bits per heavy atom. The number of aromatic nitrogens is 2. The second-order valence-electron chi connectivity index (χ2n) is 6.95. The molecule has 0 unspecified atom stereocenters. The molecule has 3 N–H and O–H groups in total. The van der Waals surface area contributed by atoms with Crippen LogP contribution in [-0.4, -0.2) is 26.6 Å². The number of nitrogen functional groups attached to an aromatic ring is 1. The van der Waals surface area contributed by atoms with Crippen molar-refractivity contribution in [2.45, 2.75) is 31.6 Å². The average molecular weight is 369 g/mol. The van der Waals surface area contributed by atoms with E-state index in [4.69, 9.17) is 22.1 Å². The molecule has 1 aliphatic rings. The number of nitrogens with two attached hydrogens (primary N) is 1. The normalized spacial score (nSPS) is 21.0. The van der Waals surface area contributed by atoms with Gasteiger partial charge in [0, 0.05) is 16.0 Å². The molecule has 0 radical (unpaired) electrons. The van der Waals surface area contributed by atoms with Crippen molar-refractivity contribution >= 4 is 28.3 Å². The highest BCUT2D eigenvalue weighted by atomic mass is 35.5. The Kier molecular flexibility index (Phi) is 3.62. The molecule has 3 aromatic rings. The maximum Gasteiger partial charge on any atom is 0.153 e. The van der Waals surface area contributed by atoms with Gasteiger partial charge in [-0.05, 0) is 50.2 Å². The summed E-state index contributed by atoms with van der Waals surface area (Å²) in [6.07, 6.45) is -0.901. The van der Waals surface area contributed by atoms with Crippen LogP contribution in [0.1, 0.15) is 31.0 Å². The second-order valence-corrected chi connectivity index (χ2v) is 7.39. The standard InChI is InChI=1S/C19H17ClN4O2/c1-19(2)17(25)16(13-7-10(9-21)3-6-15(13)26-19)24-14-5-4-11(20)8-12(14)18(22)23-24/h3-8,16-17,25H,1-2H3,(H2,22,23)/t16-,17+/m0/s1. The van der Waals surface area contributed by atoms with E-state index < -0.39 is 17.7 Å². The van der Waals surface area contributed by atoms with Gasteiger partial charge in [0.05, 0.1) is 17.1 Å². The second kappa shape index (κ2) is 5.63. The minimum atomic E-state index is -0.901. The Morgan fingerprint density at radius 1 is 1.31 bits per heavy atom. The molecular formula is C19H17ClN4O2. The van der Waals surface area contributed by atoms with Crippen molar-refractivity contribution in [3.8, 4) is 11.8 Å². The van der Waals surface area contributed by atoms with Gasteiger partial charge in [-0.15, -0.1) is 0 Å². The van der Waals surface area contributed by atoms with Crippen LogP contribution < -0.4 is 10.5 Å². The summed E-state index contributed by atoms with van der Waals surface area (Å²) in [6, 6.07) is 12.1. The lowest BCUT2D eigenvalue weighted by molar-refractivity contribution is -0.0649. The Labute approximate surface area is 155 Å². The fraction of sp³-hybridized carbons (Fsp3) is 0.263. The lowest BCUT2D eigenvalue weighted by Gasteiger charge is -2.42. The number of anilines is 1. The number of benzene rings is 2. The number of hydrogen-bond acceptors (Lipinski definition) is 5. The summed E-state index contributed by atoms with van der Waals surface area (Å²) in [7, 11) is 0. The Morgan fingerprint density at radius 3 is 2.81 bits per heavy atom. The molecule has 0 fully saturated rings. The fourth-order valence-corrected chi connectivity index (χ4v) is 3.62. The molecule has 4 rings (SSSR count). The van der Waals surface area contributed by atoms with Gasteiger partial charge in [-0.1, -0.05) is 11.6 Å². The third-order valence-corrected chi connectivity index (χ3v) is 5.04. The number of aliphatic hydroxyl groups is 1. The number of nitrogens with zero attached hydrogens (tertiary/aromatic N) is 3. The number of hydrogen-bond donors (Lipinski definition) is 2. The number of nitriles is 1. The number of fused-ring (bicyclic) bond motifs is 2. The fourth-order valence-electron chi connectivity index (χ4n) is 3.45. The van der Waals surface area contributed by atoms with Gasteiger partial charge in [-0.3, -0.25) is 4.68 Å². The molecule has 1 aromatic heterocycles. The first-order chi connectivity index (χ1) is 12.3. The Hall–Kier alpha value is -2.75. The Bertz CT molecular complexity index is 1070. The lowest BCUT2D eigenvalue weighted by Crippen LogP contribution is -2.50. The number of ether oxygens (including phenoxy) is 1. The van der Waals surface area contributed by atoms with Crippen LogP contribution in [0.3, 0.4) is 0 Å². The first-order valence-corrected chi connectivity index (χ1v) is 8.54. The summed E-state index contributed by atoms with van der Waals surface area (Å²) < 4.78 is 7.66. The van der Waals surface area contributed by atoms with Crippen LogP contribution >= 0.6 is 11.6 Å². The van der Waals surface area contributed by atoms with Crippen molar-refractivity contribution in [3.05, 3.63) is 52.5 Å². The predicted molar refractivity (Wildman–Crippen MR) is 99.2 cm³/mol. The number of rotatable bonds is 1. The molecule has 7 heteroatoms. The molecular weight excluding hydrogens is 352 g/mol. The molecule has 2 atom stereocenters. The van der Waals surface area contributed by atoms with E-state index in [1.165, 1.54) is 0 Å². The molecule has 0 amide bonds. The van der Waals surface area contributed by atoms with Gasteiger partial charge in [0.15, 0.2) is 5.82 Å². The maximum absolute atomic E-state index is 11.0. The van der Waals surface area contributed by atoms with Crippen molar-refractivity contribution in [2.24, 2.45) is 0 Å². The highest BCUT2D eigenvalue weighted by molar-refractivity contribution is 6.31. The van der Waals surface area contributed by atoms with Crippen molar-refractivity contribution in [3.63, 3.8) is 0 Å². The zero-order valence-electron chi connectivity index (χ0n) is 14.3. The van der Waals surface area contributed by atoms with E-state index >= 15 is 0 Å². The number of aliphatic hydroxyl groups excluding tert-OH is 1. The van der Waals surface area contributed by atoms with E-state index in [0.717, 1.165) is 5.52 Å². The van der Waals surface area contributed by atoms with E-state index in [2.05, 4.69) is 11.2 Å². The quantitative estimate of drug-likeness (QED) is 0.687. The van der Waals surface area contributed by atoms with Gasteiger partial charge < -0.3 is 15.6 Å². The van der Waals surface area contributed by atoms with Gasteiger partial charge in [-0.2, -0.15) is 10.4 Å². The molecule has 132 valence electrons. The molecule has 0 aliphatic carbocycles. The van der Waals surface area contributed by atoms with Crippen molar-refractivity contribution < 1.29 is 9.84 Å². The molecule has 26 heavy (non-hydrogen) atoms. The third-order valence-electron chi connectivity index (χ3n) is 4.80. The summed E-state index contributed by atoms with van der Waals surface area (Å²) in [4.78, 5) is 0. The van der Waals surface area contributed by atoms with Crippen LogP contribution in [0, 0.1) is 11.3 Å². The molecule has 2 heterocycles. The first kappa shape index (κ1) is 16.7. The average Bonchev–Trinajstić information content (AvgIpc) is 2.91. The monoisotopic (exact) mass is 368 g/mol. The largest absolute Gasteiger partial charge is 0.485 e. The van der Waals surface area contributed by atoms with E-state index in [0.29, 0.717) is 33.1 Å². The predicted octanol–water partition coefficient (Wildman–Crippen LogP) is 3.26. The van der Waals surface area contributed by atoms with Crippen LogP contribution in [0.2, 0.25) is 5.02 Å². The SMILES string of the molecule is CC1(C)Oc2ccc(C#N)cc2[C@H](n2nc(N)c3cc(Cl)ccc32)[C@H]1O. The van der Waals surface area contributed by atoms with Gasteiger partial charge >= 0.3 is 0 Å².